The van der Waals surface area contributed by atoms with Crippen LogP contribution < -0.4 is 5.32 Å². The number of nitrogens with zero attached hydrogens (tertiary/aromatic N) is 1. The molecule has 0 aliphatic carbocycles. The summed E-state index contributed by atoms with van der Waals surface area (Å²) < 4.78 is 0. The maximum atomic E-state index is 13.2. The molecule has 0 unspecified atom stereocenters. The maximum absolute atomic E-state index is 13.2. The monoisotopic (exact) mass is 440 g/mol. The van der Waals surface area contributed by atoms with E-state index >= 15 is 0 Å². The van der Waals surface area contributed by atoms with Gasteiger partial charge in [0.25, 0.3) is 0 Å². The highest BCUT2D eigenvalue weighted by Crippen LogP contribution is 2.18. The normalized spacial score (nSPS) is 11.7. The minimum atomic E-state index is -0.424. The fraction of sp³-hybridized carbons (Fsp3) is 0.462. The lowest BCUT2D eigenvalue weighted by Gasteiger charge is -2.30. The van der Waals surface area contributed by atoms with E-state index in [0.29, 0.717) is 25.3 Å². The number of rotatable bonds is 13. The molecule has 0 saturated carbocycles. The van der Waals surface area contributed by atoms with Crippen LogP contribution in [-0.2, 0) is 21.8 Å². The van der Waals surface area contributed by atoms with Gasteiger partial charge in [0.05, 0.1) is 5.75 Å². The summed E-state index contributed by atoms with van der Waals surface area (Å²) in [6, 6.07) is 18.0. The van der Waals surface area contributed by atoms with Gasteiger partial charge < -0.3 is 10.2 Å². The van der Waals surface area contributed by atoms with Gasteiger partial charge in [0, 0.05) is 18.8 Å². The summed E-state index contributed by atoms with van der Waals surface area (Å²) in [5.41, 5.74) is 3.67. The van der Waals surface area contributed by atoms with Crippen molar-refractivity contribution >= 4 is 23.6 Å². The molecule has 0 bridgehead atoms. The van der Waals surface area contributed by atoms with Gasteiger partial charge in [0.15, 0.2) is 0 Å². The van der Waals surface area contributed by atoms with Gasteiger partial charge >= 0.3 is 0 Å². The Hall–Kier alpha value is -2.27. The van der Waals surface area contributed by atoms with Crippen LogP contribution in [0.2, 0.25) is 0 Å². The van der Waals surface area contributed by atoms with Crippen LogP contribution in [0, 0.1) is 6.92 Å². The summed E-state index contributed by atoms with van der Waals surface area (Å²) in [5.74, 6) is 1.17. The number of hydrogen-bond acceptors (Lipinski definition) is 3. The second-order valence-electron chi connectivity index (χ2n) is 7.81. The van der Waals surface area contributed by atoms with Gasteiger partial charge in [-0.05, 0) is 42.9 Å². The number of thioether (sulfide) groups is 1. The molecule has 2 rings (SSSR count). The molecule has 0 heterocycles. The number of carbonyl (C=O) groups is 2. The van der Waals surface area contributed by atoms with E-state index in [2.05, 4.69) is 43.4 Å². The lowest BCUT2D eigenvalue weighted by Crippen LogP contribution is -2.50. The Labute approximate surface area is 191 Å². The topological polar surface area (TPSA) is 49.4 Å². The van der Waals surface area contributed by atoms with Crippen LogP contribution in [0.4, 0.5) is 0 Å². The SMILES string of the molecule is CCCCNC(=O)[C@H](CC)N(CCc1ccccc1)C(=O)CSCc1ccccc1C. The summed E-state index contributed by atoms with van der Waals surface area (Å²) in [7, 11) is 0. The quantitative estimate of drug-likeness (QED) is 0.446. The highest BCUT2D eigenvalue weighted by molar-refractivity contribution is 7.99. The Bertz CT molecular complexity index is 810. The second kappa shape index (κ2) is 13.9. The van der Waals surface area contributed by atoms with Crippen molar-refractivity contribution in [2.24, 2.45) is 0 Å². The van der Waals surface area contributed by atoms with E-state index in [-0.39, 0.29) is 11.8 Å². The number of unbranched alkanes of at least 4 members (excludes halogenated alkanes) is 1. The molecular formula is C26H36N2O2S. The van der Waals surface area contributed by atoms with Crippen LogP contribution in [0.1, 0.15) is 49.8 Å². The van der Waals surface area contributed by atoms with Crippen molar-refractivity contribution in [3.8, 4) is 0 Å². The third-order valence-electron chi connectivity index (χ3n) is 5.44. The van der Waals surface area contributed by atoms with Crippen molar-refractivity contribution in [1.82, 2.24) is 10.2 Å². The highest BCUT2D eigenvalue weighted by Gasteiger charge is 2.27. The van der Waals surface area contributed by atoms with Crippen LogP contribution in [0.3, 0.4) is 0 Å². The van der Waals surface area contributed by atoms with E-state index in [0.717, 1.165) is 25.0 Å². The smallest absolute Gasteiger partial charge is 0.242 e. The van der Waals surface area contributed by atoms with Crippen LogP contribution in [0.15, 0.2) is 54.6 Å². The maximum Gasteiger partial charge on any atom is 0.242 e. The van der Waals surface area contributed by atoms with Gasteiger partial charge in [-0.1, -0.05) is 74.9 Å². The van der Waals surface area contributed by atoms with Gasteiger partial charge in [-0.25, -0.2) is 0 Å². The summed E-state index contributed by atoms with van der Waals surface area (Å²) in [6.45, 7) is 7.39. The van der Waals surface area contributed by atoms with Gasteiger partial charge in [0.2, 0.25) is 11.8 Å². The van der Waals surface area contributed by atoms with Gasteiger partial charge in [-0.15, -0.1) is 11.8 Å². The lowest BCUT2D eigenvalue weighted by molar-refractivity contribution is -0.138. The number of amides is 2. The average Bonchev–Trinajstić information content (AvgIpc) is 2.78. The summed E-state index contributed by atoms with van der Waals surface area (Å²) in [5, 5.41) is 3.02. The molecule has 1 atom stereocenters. The first-order chi connectivity index (χ1) is 15.1. The minimum Gasteiger partial charge on any atom is -0.354 e. The van der Waals surface area contributed by atoms with E-state index in [4.69, 9.17) is 0 Å². The first kappa shape index (κ1) is 25.0. The number of carbonyl (C=O) groups excluding carboxylic acids is 2. The van der Waals surface area contributed by atoms with E-state index < -0.39 is 6.04 Å². The number of benzene rings is 2. The second-order valence-corrected chi connectivity index (χ2v) is 8.80. The predicted molar refractivity (Wildman–Crippen MR) is 131 cm³/mol. The zero-order chi connectivity index (χ0) is 22.5. The Morgan fingerprint density at radius 1 is 1.03 bits per heavy atom. The number of nitrogens with one attached hydrogen (secondary N) is 1. The Morgan fingerprint density at radius 2 is 1.74 bits per heavy atom. The molecule has 2 amide bonds. The standard InChI is InChI=1S/C26H36N2O2S/c1-4-6-17-27-26(30)24(5-2)28(18-16-22-13-8-7-9-14-22)25(29)20-31-19-23-15-11-10-12-21(23)3/h7-15,24H,4-6,16-20H2,1-3H3,(H,27,30)/t24-/m0/s1. The van der Waals surface area contributed by atoms with Crippen molar-refractivity contribution in [1.29, 1.82) is 0 Å². The molecule has 0 spiro atoms. The van der Waals surface area contributed by atoms with Crippen molar-refractivity contribution in [2.75, 3.05) is 18.8 Å². The first-order valence-corrected chi connectivity index (χ1v) is 12.5. The molecule has 0 radical (unpaired) electrons. The molecule has 5 heteroatoms. The molecule has 0 aliphatic heterocycles. The van der Waals surface area contributed by atoms with Crippen LogP contribution in [-0.4, -0.2) is 41.6 Å². The fourth-order valence-corrected chi connectivity index (χ4v) is 4.49. The molecule has 0 aromatic heterocycles. The van der Waals surface area contributed by atoms with Crippen molar-refractivity contribution in [2.45, 2.75) is 58.2 Å². The number of aryl methyl sites for hydroxylation is 1. The predicted octanol–water partition coefficient (Wildman–Crippen LogP) is 4.99. The molecule has 0 saturated heterocycles. The highest BCUT2D eigenvalue weighted by atomic mass is 32.2. The van der Waals surface area contributed by atoms with Gasteiger partial charge in [-0.3, -0.25) is 9.59 Å². The molecule has 0 aliphatic rings. The van der Waals surface area contributed by atoms with E-state index in [9.17, 15) is 9.59 Å². The molecule has 4 nitrogen and oxygen atoms in total. The molecule has 2 aromatic carbocycles. The molecule has 1 N–H and O–H groups in total. The van der Waals surface area contributed by atoms with Crippen molar-refractivity contribution in [3.05, 3.63) is 71.3 Å². The van der Waals surface area contributed by atoms with Crippen LogP contribution >= 0.6 is 11.8 Å². The Balaban J connectivity index is 2.04. The zero-order valence-corrected chi connectivity index (χ0v) is 19.9. The molecular weight excluding hydrogens is 404 g/mol. The fourth-order valence-electron chi connectivity index (χ4n) is 3.51. The van der Waals surface area contributed by atoms with E-state index in [1.807, 2.05) is 37.3 Å². The average molecular weight is 441 g/mol. The molecule has 2 aromatic rings. The van der Waals surface area contributed by atoms with Crippen molar-refractivity contribution in [3.63, 3.8) is 0 Å². The largest absolute Gasteiger partial charge is 0.354 e. The first-order valence-electron chi connectivity index (χ1n) is 11.3. The minimum absolute atomic E-state index is 0.0343. The van der Waals surface area contributed by atoms with Crippen LogP contribution in [0.5, 0.6) is 0 Å². The van der Waals surface area contributed by atoms with Crippen LogP contribution in [0.25, 0.3) is 0 Å². The molecule has 168 valence electrons. The van der Waals surface area contributed by atoms with Crippen molar-refractivity contribution < 1.29 is 9.59 Å². The summed E-state index contributed by atoms with van der Waals surface area (Å²) in [6.07, 6.45) is 3.34. The summed E-state index contributed by atoms with van der Waals surface area (Å²) in [4.78, 5) is 27.8. The third-order valence-corrected chi connectivity index (χ3v) is 6.41. The third kappa shape index (κ3) is 8.41. The van der Waals surface area contributed by atoms with Gasteiger partial charge in [0.1, 0.15) is 6.04 Å². The van der Waals surface area contributed by atoms with Gasteiger partial charge in [-0.2, -0.15) is 0 Å². The number of hydrogen-bond donors (Lipinski definition) is 1. The van der Waals surface area contributed by atoms with E-state index in [1.165, 1.54) is 16.7 Å². The Kier molecular flexibility index (Phi) is 11.2. The summed E-state index contributed by atoms with van der Waals surface area (Å²) >= 11 is 1.62. The lowest BCUT2D eigenvalue weighted by atomic mass is 10.1. The Morgan fingerprint density at radius 3 is 2.42 bits per heavy atom. The van der Waals surface area contributed by atoms with E-state index in [1.54, 1.807) is 16.7 Å². The zero-order valence-electron chi connectivity index (χ0n) is 19.1. The molecule has 31 heavy (non-hydrogen) atoms. The molecule has 0 fully saturated rings.